The molecular formula is C55H70F3N9O8S. The van der Waals surface area contributed by atoms with Crippen LogP contribution >= 0.6 is 11.3 Å². The molecular weight excluding hydrogens is 1000 g/mol. The zero-order valence-corrected chi connectivity index (χ0v) is 44.4. The smallest absolute Gasteiger partial charge is 0.396 e. The zero-order valence-electron chi connectivity index (χ0n) is 43.6. The number of thiazole rings is 1. The van der Waals surface area contributed by atoms with Crippen LogP contribution in [0.5, 0.6) is 0 Å². The van der Waals surface area contributed by atoms with Gasteiger partial charge in [0.1, 0.15) is 18.7 Å². The maximum absolute atomic E-state index is 14.0. The number of alkyl halides is 3. The molecule has 21 heteroatoms. The molecule has 0 bridgehead atoms. The number of fused-ring (bicyclic) bond motifs is 1. The second-order valence-electron chi connectivity index (χ2n) is 21.2. The van der Waals surface area contributed by atoms with E-state index in [1.165, 1.54) is 17.0 Å². The fourth-order valence-electron chi connectivity index (χ4n) is 10.3. The van der Waals surface area contributed by atoms with Gasteiger partial charge in [0.2, 0.25) is 23.7 Å². The third-order valence-electron chi connectivity index (χ3n) is 14.6. The molecule has 8 rings (SSSR count). The fraction of sp³-hybridized carbons (Fsp3) is 0.527. The number of aromatic nitrogens is 3. The van der Waals surface area contributed by atoms with Crippen molar-refractivity contribution < 1.29 is 52.0 Å². The predicted molar refractivity (Wildman–Crippen MR) is 282 cm³/mol. The summed E-state index contributed by atoms with van der Waals surface area (Å²) < 4.78 is 53.9. The summed E-state index contributed by atoms with van der Waals surface area (Å²) in [6.45, 7) is 13.1. The Kier molecular flexibility index (Phi) is 18.6. The molecule has 2 aromatic heterocycles. The highest BCUT2D eigenvalue weighted by Gasteiger charge is 2.44. The lowest BCUT2D eigenvalue weighted by Crippen LogP contribution is -2.58. The number of benzene rings is 3. The highest BCUT2D eigenvalue weighted by Crippen LogP contribution is 2.38. The lowest BCUT2D eigenvalue weighted by Gasteiger charge is -2.35. The van der Waals surface area contributed by atoms with Crippen molar-refractivity contribution in [3.8, 4) is 10.4 Å². The molecule has 0 radical (unpaired) electrons. The highest BCUT2D eigenvalue weighted by molar-refractivity contribution is 7.13. The molecule has 410 valence electrons. The number of hydrogen-bond acceptors (Lipinski definition) is 13. The minimum Gasteiger partial charge on any atom is -0.396 e. The lowest BCUT2D eigenvalue weighted by atomic mass is 9.85. The molecule has 2 saturated heterocycles. The van der Waals surface area contributed by atoms with E-state index in [0.29, 0.717) is 25.2 Å². The van der Waals surface area contributed by atoms with Crippen molar-refractivity contribution in [3.63, 3.8) is 0 Å². The quantitative estimate of drug-likeness (QED) is 0.0536. The van der Waals surface area contributed by atoms with E-state index in [4.69, 9.17) is 14.5 Å². The maximum atomic E-state index is 14.0. The topological polar surface area (TPSA) is 204 Å². The number of aliphatic hydroxyl groups excluding tert-OH is 2. The molecule has 2 aliphatic heterocycles. The molecule has 0 unspecified atom stereocenters. The molecule has 4 heterocycles. The molecule has 5 aromatic rings. The van der Waals surface area contributed by atoms with Crippen molar-refractivity contribution in [2.24, 2.45) is 11.3 Å². The van der Waals surface area contributed by atoms with Gasteiger partial charge in [-0.05, 0) is 91.0 Å². The van der Waals surface area contributed by atoms with Crippen LogP contribution in [0.15, 0.2) is 72.2 Å². The van der Waals surface area contributed by atoms with E-state index in [0.717, 1.165) is 96.8 Å². The molecule has 17 nitrogen and oxygen atoms in total. The van der Waals surface area contributed by atoms with E-state index in [-0.39, 0.29) is 75.3 Å². The SMILES string of the molecule is Cc1ncsc1-c1ccc(CNC(=O)[C@@H]2C[C@@H](O)CN2C(=O)[C@@H](NC(=O)COCCOCCN2CCN(Cc3ccc4c(c3)nc(NC(=O)c3cccc(C(F)(F)F)c3)n4C3CCC(CO)CC3)CC2)C(C)(C)C)cc1. The van der Waals surface area contributed by atoms with Gasteiger partial charge in [0.25, 0.3) is 5.91 Å². The van der Waals surface area contributed by atoms with E-state index in [1.807, 2.05) is 68.7 Å². The number of hydrogen-bond donors (Lipinski definition) is 5. The van der Waals surface area contributed by atoms with Crippen LogP contribution in [-0.2, 0) is 43.1 Å². The minimum absolute atomic E-state index is 0.00580. The van der Waals surface area contributed by atoms with Crippen LogP contribution in [-0.4, -0.2) is 154 Å². The summed E-state index contributed by atoms with van der Waals surface area (Å²) in [7, 11) is 0. The lowest BCUT2D eigenvalue weighted by molar-refractivity contribution is -0.144. The molecule has 1 aliphatic carbocycles. The number of carbonyl (C=O) groups is 4. The Morgan fingerprint density at radius 3 is 2.28 bits per heavy atom. The summed E-state index contributed by atoms with van der Waals surface area (Å²) in [6, 6.07) is 16.4. The van der Waals surface area contributed by atoms with E-state index >= 15 is 0 Å². The molecule has 3 atom stereocenters. The van der Waals surface area contributed by atoms with Crippen LogP contribution in [0.1, 0.15) is 91.7 Å². The van der Waals surface area contributed by atoms with E-state index in [9.17, 15) is 42.6 Å². The van der Waals surface area contributed by atoms with Gasteiger partial charge in [-0.3, -0.25) is 34.3 Å². The molecule has 3 fully saturated rings. The van der Waals surface area contributed by atoms with Crippen LogP contribution < -0.4 is 16.0 Å². The summed E-state index contributed by atoms with van der Waals surface area (Å²) in [6.07, 6.45) is -2.24. The summed E-state index contributed by atoms with van der Waals surface area (Å²) in [5, 5.41) is 28.9. The fourth-order valence-corrected chi connectivity index (χ4v) is 11.1. The van der Waals surface area contributed by atoms with Crippen molar-refractivity contribution in [1.29, 1.82) is 0 Å². The average Bonchev–Trinajstić information content (AvgIpc) is 4.14. The van der Waals surface area contributed by atoms with Crippen LogP contribution in [0.25, 0.3) is 21.5 Å². The molecule has 0 spiro atoms. The van der Waals surface area contributed by atoms with Gasteiger partial charge in [0.15, 0.2) is 0 Å². The predicted octanol–water partition coefficient (Wildman–Crippen LogP) is 6.42. The first kappa shape index (κ1) is 56.4. The Balaban J connectivity index is 0.750. The Morgan fingerprint density at radius 1 is 0.882 bits per heavy atom. The van der Waals surface area contributed by atoms with Gasteiger partial charge < -0.3 is 39.8 Å². The Morgan fingerprint density at radius 2 is 1.59 bits per heavy atom. The standard InChI is InChI=1S/C55H70F3N9O8S/c1-35-48(76-34-60-35)39-13-8-36(9-14-39)29-59-51(72)46-28-43(69)31-66(46)52(73)49(54(2,3)4)62-47(70)33-75-25-24-74-23-22-64-18-20-65(21-19-64)30-38-12-17-45-44(26-38)61-53(67(45)42-15-10-37(32-68)11-16-42)63-50(71)40-6-5-7-41(27-40)55(56,57)58/h5-9,12-14,17,26-27,34,37,42-43,46,49,68-69H,10-11,15-16,18-25,28-33H2,1-4H3,(H,59,72)(H,62,70)(H,61,63,71)/t37?,42?,43-,46+,49-/m1/s1. The van der Waals surface area contributed by atoms with Crippen molar-refractivity contribution >= 4 is 51.9 Å². The van der Waals surface area contributed by atoms with Crippen molar-refractivity contribution in [2.75, 3.05) is 77.6 Å². The van der Waals surface area contributed by atoms with Gasteiger partial charge in [-0.25, -0.2) is 9.97 Å². The number of ether oxygens (including phenoxy) is 2. The number of halogens is 3. The summed E-state index contributed by atoms with van der Waals surface area (Å²) in [5.41, 5.74) is 5.49. The number of aryl methyl sites for hydroxylation is 1. The number of carbonyl (C=O) groups excluding carboxylic acids is 4. The summed E-state index contributed by atoms with van der Waals surface area (Å²) >= 11 is 1.56. The molecule has 76 heavy (non-hydrogen) atoms. The van der Waals surface area contributed by atoms with Gasteiger partial charge in [0, 0.05) is 77.0 Å². The number of amides is 4. The first-order valence-corrected chi connectivity index (χ1v) is 27.0. The monoisotopic (exact) mass is 1070 g/mol. The van der Waals surface area contributed by atoms with E-state index in [1.54, 1.807) is 16.8 Å². The normalized spacial score (nSPS) is 20.2. The molecule has 4 amide bonds. The van der Waals surface area contributed by atoms with Gasteiger partial charge >= 0.3 is 6.18 Å². The molecule has 1 saturated carbocycles. The number of likely N-dealkylation sites (tertiary alicyclic amines) is 1. The van der Waals surface area contributed by atoms with Crippen molar-refractivity contribution in [2.45, 2.75) is 103 Å². The van der Waals surface area contributed by atoms with E-state index in [2.05, 4.69) is 36.8 Å². The third-order valence-corrected chi connectivity index (χ3v) is 15.6. The van der Waals surface area contributed by atoms with Crippen LogP contribution in [0.2, 0.25) is 0 Å². The Bertz CT molecular complexity index is 2780. The van der Waals surface area contributed by atoms with Gasteiger partial charge in [0.05, 0.1) is 58.6 Å². The minimum atomic E-state index is -4.59. The zero-order chi connectivity index (χ0) is 54.1. The first-order chi connectivity index (χ1) is 36.3. The molecule has 3 aromatic carbocycles. The van der Waals surface area contributed by atoms with Gasteiger partial charge in [-0.2, -0.15) is 13.2 Å². The Labute approximate surface area is 445 Å². The highest BCUT2D eigenvalue weighted by atomic mass is 32.1. The van der Waals surface area contributed by atoms with Gasteiger partial charge in [-0.15, -0.1) is 11.3 Å². The van der Waals surface area contributed by atoms with Crippen molar-refractivity contribution in [3.05, 3.63) is 100 Å². The largest absolute Gasteiger partial charge is 0.416 e. The number of nitrogens with zero attached hydrogens (tertiary/aromatic N) is 6. The average molecular weight is 1070 g/mol. The number of aliphatic hydroxyl groups is 2. The number of nitrogens with one attached hydrogen (secondary N) is 3. The summed E-state index contributed by atoms with van der Waals surface area (Å²) in [5.74, 6) is -1.51. The van der Waals surface area contributed by atoms with Crippen LogP contribution in [0.4, 0.5) is 19.1 Å². The summed E-state index contributed by atoms with van der Waals surface area (Å²) in [4.78, 5) is 70.3. The second-order valence-corrected chi connectivity index (χ2v) is 22.1. The third kappa shape index (κ3) is 14.4. The van der Waals surface area contributed by atoms with E-state index < -0.39 is 53.1 Å². The number of piperazine rings is 1. The molecule has 3 aliphatic rings. The number of anilines is 1. The number of rotatable bonds is 20. The van der Waals surface area contributed by atoms with Crippen molar-refractivity contribution in [1.82, 2.24) is 39.9 Å². The maximum Gasteiger partial charge on any atom is 0.416 e. The number of β-amino-alcohol motifs (C(OH)–C–C–N with tert-alkyl or cyclic N) is 1. The Hall–Kier alpha value is -5.81. The second kappa shape index (κ2) is 25.1. The first-order valence-electron chi connectivity index (χ1n) is 26.1. The molecule has 5 N–H and O–H groups in total. The van der Waals surface area contributed by atoms with Gasteiger partial charge in [-0.1, -0.05) is 57.2 Å². The van der Waals surface area contributed by atoms with Crippen LogP contribution in [0.3, 0.4) is 0 Å². The number of imidazole rings is 1. The van der Waals surface area contributed by atoms with Crippen LogP contribution in [0, 0.1) is 18.3 Å².